The van der Waals surface area contributed by atoms with Crippen LogP contribution >= 0.6 is 0 Å². The highest BCUT2D eigenvalue weighted by Gasteiger charge is 2.34. The molecule has 0 spiro atoms. The Labute approximate surface area is 181 Å². The Morgan fingerprint density at radius 3 is 2.58 bits per heavy atom. The van der Waals surface area contributed by atoms with Crippen LogP contribution < -0.4 is 16.0 Å². The highest BCUT2D eigenvalue weighted by molar-refractivity contribution is 5.55. The Morgan fingerprint density at radius 2 is 1.97 bits per heavy atom. The number of benzene rings is 1. The zero-order valence-corrected chi connectivity index (χ0v) is 17.8. The number of fused-ring (bicyclic) bond motifs is 1. The van der Waals surface area contributed by atoms with Crippen molar-refractivity contribution in [2.24, 2.45) is 5.73 Å². The minimum atomic E-state index is -0.585. The Morgan fingerprint density at radius 1 is 1.23 bits per heavy atom. The molecule has 6 heteroatoms. The lowest BCUT2D eigenvalue weighted by Gasteiger charge is -2.27. The molecule has 4 rings (SSSR count). The SMILES string of the molecule is Cc1cc2c(c(=O)n1Cc1ccccn1)[C@H](c1ccc(C(C)C)cc1)C(C#N)=C(N)O2. The number of rotatable bonds is 4. The molecule has 0 bridgehead atoms. The Kier molecular flexibility index (Phi) is 5.35. The Balaban J connectivity index is 1.89. The van der Waals surface area contributed by atoms with E-state index in [9.17, 15) is 10.1 Å². The number of allylic oxidation sites excluding steroid dienone is 1. The highest BCUT2D eigenvalue weighted by Crippen LogP contribution is 2.40. The molecule has 1 aliphatic heterocycles. The van der Waals surface area contributed by atoms with E-state index in [2.05, 4.69) is 24.9 Å². The van der Waals surface area contributed by atoms with Crippen molar-refractivity contribution in [1.29, 1.82) is 5.26 Å². The third-order valence-corrected chi connectivity index (χ3v) is 5.67. The van der Waals surface area contributed by atoms with Crippen LogP contribution in [0, 0.1) is 18.3 Å². The maximum atomic E-state index is 13.6. The van der Waals surface area contributed by atoms with Gasteiger partial charge in [0.1, 0.15) is 17.4 Å². The number of ether oxygens (including phenoxy) is 1. The summed E-state index contributed by atoms with van der Waals surface area (Å²) >= 11 is 0. The van der Waals surface area contributed by atoms with Gasteiger partial charge in [-0.15, -0.1) is 0 Å². The first kappa shape index (κ1) is 20.4. The fourth-order valence-electron chi connectivity index (χ4n) is 3.94. The summed E-state index contributed by atoms with van der Waals surface area (Å²) in [4.78, 5) is 18.0. The van der Waals surface area contributed by atoms with E-state index in [4.69, 9.17) is 10.5 Å². The smallest absolute Gasteiger partial charge is 0.259 e. The molecule has 3 heterocycles. The van der Waals surface area contributed by atoms with Crippen molar-refractivity contribution in [2.75, 3.05) is 0 Å². The van der Waals surface area contributed by atoms with E-state index in [-0.39, 0.29) is 17.0 Å². The second kappa shape index (κ2) is 8.11. The van der Waals surface area contributed by atoms with Gasteiger partial charge < -0.3 is 15.0 Å². The summed E-state index contributed by atoms with van der Waals surface area (Å²) in [5, 5.41) is 9.82. The van der Waals surface area contributed by atoms with Crippen molar-refractivity contribution in [3.63, 3.8) is 0 Å². The van der Waals surface area contributed by atoms with Gasteiger partial charge >= 0.3 is 0 Å². The summed E-state index contributed by atoms with van der Waals surface area (Å²) in [7, 11) is 0. The number of aromatic nitrogens is 2. The van der Waals surface area contributed by atoms with Crippen LogP contribution in [0.4, 0.5) is 0 Å². The maximum absolute atomic E-state index is 13.6. The van der Waals surface area contributed by atoms with E-state index in [1.54, 1.807) is 16.8 Å². The molecule has 31 heavy (non-hydrogen) atoms. The molecule has 0 unspecified atom stereocenters. The fraction of sp³-hybridized carbons (Fsp3) is 0.240. The van der Waals surface area contributed by atoms with Gasteiger partial charge in [0, 0.05) is 18.0 Å². The number of nitrogens with zero attached hydrogens (tertiary/aromatic N) is 3. The molecule has 0 fully saturated rings. The first-order valence-corrected chi connectivity index (χ1v) is 10.2. The van der Waals surface area contributed by atoms with Gasteiger partial charge in [-0.05, 0) is 36.1 Å². The monoisotopic (exact) mass is 412 g/mol. The molecule has 0 saturated heterocycles. The summed E-state index contributed by atoms with van der Waals surface area (Å²) < 4.78 is 7.39. The summed E-state index contributed by atoms with van der Waals surface area (Å²) in [6, 6.07) is 17.5. The highest BCUT2D eigenvalue weighted by atomic mass is 16.5. The van der Waals surface area contributed by atoms with Crippen molar-refractivity contribution in [2.45, 2.75) is 39.2 Å². The van der Waals surface area contributed by atoms with Crippen LogP contribution in [0.2, 0.25) is 0 Å². The van der Waals surface area contributed by atoms with Crippen molar-refractivity contribution >= 4 is 0 Å². The lowest BCUT2D eigenvalue weighted by molar-refractivity contribution is 0.389. The average molecular weight is 412 g/mol. The molecule has 156 valence electrons. The minimum Gasteiger partial charge on any atom is -0.440 e. The Hall–Kier alpha value is -3.85. The van der Waals surface area contributed by atoms with Crippen molar-refractivity contribution in [1.82, 2.24) is 9.55 Å². The first-order chi connectivity index (χ1) is 14.9. The maximum Gasteiger partial charge on any atom is 0.259 e. The summed E-state index contributed by atoms with van der Waals surface area (Å²) in [5.41, 5.74) is 10.1. The lowest BCUT2D eigenvalue weighted by Crippen LogP contribution is -2.33. The number of aryl methyl sites for hydroxylation is 1. The number of nitriles is 1. The first-order valence-electron chi connectivity index (χ1n) is 10.2. The largest absolute Gasteiger partial charge is 0.440 e. The molecule has 0 saturated carbocycles. The molecule has 0 aliphatic carbocycles. The van der Waals surface area contributed by atoms with Gasteiger partial charge in [-0.2, -0.15) is 5.26 Å². The third-order valence-electron chi connectivity index (χ3n) is 5.67. The van der Waals surface area contributed by atoms with Crippen molar-refractivity contribution in [3.05, 3.63) is 105 Å². The van der Waals surface area contributed by atoms with Crippen LogP contribution in [0.3, 0.4) is 0 Å². The van der Waals surface area contributed by atoms with E-state index < -0.39 is 5.92 Å². The van der Waals surface area contributed by atoms with Crippen LogP contribution in [-0.2, 0) is 6.54 Å². The molecule has 2 N–H and O–H groups in total. The number of hydrogen-bond donors (Lipinski definition) is 1. The van der Waals surface area contributed by atoms with E-state index in [0.717, 1.165) is 17.0 Å². The van der Waals surface area contributed by atoms with Crippen LogP contribution in [0.15, 0.2) is 71.0 Å². The molecule has 3 aromatic rings. The van der Waals surface area contributed by atoms with Gasteiger partial charge in [-0.3, -0.25) is 9.78 Å². The zero-order valence-electron chi connectivity index (χ0n) is 17.8. The number of pyridine rings is 2. The fourth-order valence-corrected chi connectivity index (χ4v) is 3.94. The molecule has 6 nitrogen and oxygen atoms in total. The van der Waals surface area contributed by atoms with E-state index in [0.29, 0.717) is 23.8 Å². The van der Waals surface area contributed by atoms with Crippen LogP contribution in [0.25, 0.3) is 0 Å². The van der Waals surface area contributed by atoms with Crippen molar-refractivity contribution in [3.8, 4) is 11.8 Å². The Bertz CT molecular complexity index is 1250. The van der Waals surface area contributed by atoms with E-state index >= 15 is 0 Å². The average Bonchev–Trinajstić information content (AvgIpc) is 2.76. The van der Waals surface area contributed by atoms with Gasteiger partial charge in [0.15, 0.2) is 0 Å². The third kappa shape index (κ3) is 3.71. The second-order valence-corrected chi connectivity index (χ2v) is 8.02. The molecule has 2 aromatic heterocycles. The van der Waals surface area contributed by atoms with Gasteiger partial charge in [0.2, 0.25) is 5.88 Å². The standard InChI is InChI=1S/C25H24N4O2/c1-15(2)17-7-9-18(10-8-17)22-20(13-26)24(27)31-21-12-16(3)29(25(30)23(21)22)14-19-6-4-5-11-28-19/h4-12,15,22H,14,27H2,1-3H3/t22-/m1/s1. The molecule has 1 atom stereocenters. The van der Waals surface area contributed by atoms with Gasteiger partial charge in [-0.1, -0.05) is 44.2 Å². The number of hydrogen-bond acceptors (Lipinski definition) is 5. The molecule has 1 aliphatic rings. The quantitative estimate of drug-likeness (QED) is 0.700. The van der Waals surface area contributed by atoms with Crippen LogP contribution in [0.1, 0.15) is 53.8 Å². The second-order valence-electron chi connectivity index (χ2n) is 8.02. The van der Waals surface area contributed by atoms with Gasteiger partial charge in [0.25, 0.3) is 5.56 Å². The lowest BCUT2D eigenvalue weighted by atomic mass is 9.83. The van der Waals surface area contributed by atoms with Gasteiger partial charge in [-0.25, -0.2) is 0 Å². The van der Waals surface area contributed by atoms with Gasteiger partial charge in [0.05, 0.1) is 23.7 Å². The summed E-state index contributed by atoms with van der Waals surface area (Å²) in [6.45, 7) is 6.42. The zero-order chi connectivity index (χ0) is 22.1. The van der Waals surface area contributed by atoms with Crippen molar-refractivity contribution < 1.29 is 4.74 Å². The van der Waals surface area contributed by atoms with Crippen LogP contribution in [-0.4, -0.2) is 9.55 Å². The van der Waals surface area contributed by atoms with E-state index in [1.807, 2.05) is 49.4 Å². The normalized spacial score (nSPS) is 15.4. The molecular formula is C25H24N4O2. The molecular weight excluding hydrogens is 388 g/mol. The summed E-state index contributed by atoms with van der Waals surface area (Å²) in [6.07, 6.45) is 1.70. The predicted molar refractivity (Wildman–Crippen MR) is 119 cm³/mol. The topological polar surface area (TPSA) is 93.9 Å². The predicted octanol–water partition coefficient (Wildman–Crippen LogP) is 3.94. The molecule has 0 amide bonds. The minimum absolute atomic E-state index is 0.0363. The van der Waals surface area contributed by atoms with E-state index in [1.165, 1.54) is 5.56 Å². The molecule has 0 radical (unpaired) electrons. The summed E-state index contributed by atoms with van der Waals surface area (Å²) in [5.74, 6) is 0.229. The number of nitrogens with two attached hydrogens (primary N) is 1. The van der Waals surface area contributed by atoms with Crippen LogP contribution in [0.5, 0.6) is 5.75 Å². The molecule has 1 aromatic carbocycles.